The molecule has 72 heavy (non-hydrogen) atoms. The molecule has 0 saturated heterocycles. The maximum atomic E-state index is 7.45. The number of fused-ring (bicyclic) bond motifs is 16. The fourth-order valence-electron chi connectivity index (χ4n) is 12.1. The van der Waals surface area contributed by atoms with Crippen LogP contribution in [0, 0.1) is 13.8 Å². The fraction of sp³-hybridized carbons (Fsp3) is 0.159. The molecule has 0 N–H and O–H groups in total. The van der Waals surface area contributed by atoms with E-state index in [1.807, 2.05) is 0 Å². The average molecular weight is 931 g/mol. The third kappa shape index (κ3) is 6.49. The van der Waals surface area contributed by atoms with Crippen molar-refractivity contribution in [2.24, 2.45) is 0 Å². The van der Waals surface area contributed by atoms with E-state index in [4.69, 9.17) is 4.42 Å². The Morgan fingerprint density at radius 3 is 1.29 bits per heavy atom. The first-order valence-corrected chi connectivity index (χ1v) is 25.5. The highest BCUT2D eigenvalue weighted by Crippen LogP contribution is 2.67. The van der Waals surface area contributed by atoms with Crippen molar-refractivity contribution < 1.29 is 4.42 Å². The van der Waals surface area contributed by atoms with Crippen molar-refractivity contribution in [1.29, 1.82) is 0 Å². The van der Waals surface area contributed by atoms with Gasteiger partial charge in [0, 0.05) is 39.1 Å². The van der Waals surface area contributed by atoms with E-state index in [0.29, 0.717) is 0 Å². The molecular weight excluding hydrogens is 873 g/mol. The molecule has 0 bridgehead atoms. The van der Waals surface area contributed by atoms with Crippen LogP contribution in [0.5, 0.6) is 0 Å². The van der Waals surface area contributed by atoms with Crippen molar-refractivity contribution in [2.75, 3.05) is 9.80 Å². The third-order valence-corrected chi connectivity index (χ3v) is 15.7. The Morgan fingerprint density at radius 2 is 0.778 bits per heavy atom. The highest BCUT2D eigenvalue weighted by molar-refractivity contribution is 6.23. The number of nitrogens with zero attached hydrogens (tertiary/aromatic N) is 2. The van der Waals surface area contributed by atoms with Crippen LogP contribution >= 0.6 is 0 Å². The van der Waals surface area contributed by atoms with Gasteiger partial charge in [-0.25, -0.2) is 0 Å². The topological polar surface area (TPSA) is 19.6 Å². The number of benzene rings is 10. The Morgan fingerprint density at radius 1 is 0.375 bits per heavy atom. The van der Waals surface area contributed by atoms with Gasteiger partial charge in [0.25, 0.3) is 0 Å². The summed E-state index contributed by atoms with van der Waals surface area (Å²) in [7, 11) is 0. The Balaban J connectivity index is 1.20. The fourth-order valence-corrected chi connectivity index (χ4v) is 12.1. The van der Waals surface area contributed by atoms with Crippen LogP contribution in [0.1, 0.15) is 86.1 Å². The van der Waals surface area contributed by atoms with Crippen LogP contribution in [-0.2, 0) is 16.2 Å². The smallest absolute Gasteiger partial charge is 0.145 e. The maximum Gasteiger partial charge on any atom is 0.145 e. The second kappa shape index (κ2) is 15.9. The van der Waals surface area contributed by atoms with Crippen LogP contribution in [-0.4, -0.2) is 0 Å². The lowest BCUT2D eigenvalue weighted by Crippen LogP contribution is -2.26. The van der Waals surface area contributed by atoms with E-state index in [-0.39, 0.29) is 10.8 Å². The van der Waals surface area contributed by atoms with E-state index >= 15 is 0 Å². The molecule has 0 amide bonds. The van der Waals surface area contributed by atoms with E-state index in [9.17, 15) is 0 Å². The molecule has 2 aliphatic rings. The van der Waals surface area contributed by atoms with Gasteiger partial charge < -0.3 is 14.2 Å². The molecule has 2 aliphatic carbocycles. The van der Waals surface area contributed by atoms with Crippen molar-refractivity contribution in [3.8, 4) is 22.3 Å². The predicted molar refractivity (Wildman–Crippen MR) is 304 cm³/mol. The summed E-state index contributed by atoms with van der Waals surface area (Å²) in [5, 5.41) is 4.55. The summed E-state index contributed by atoms with van der Waals surface area (Å²) in [5.74, 6) is 0. The zero-order valence-electron chi connectivity index (χ0n) is 42.4. The summed E-state index contributed by atoms with van der Waals surface area (Å²) >= 11 is 0. The lowest BCUT2D eigenvalue weighted by molar-refractivity contribution is 0.590. The average Bonchev–Trinajstić information content (AvgIpc) is 4.02. The molecule has 350 valence electrons. The zero-order valence-corrected chi connectivity index (χ0v) is 42.4. The van der Waals surface area contributed by atoms with Crippen molar-refractivity contribution in [3.05, 3.63) is 251 Å². The number of hydrogen-bond donors (Lipinski definition) is 0. The van der Waals surface area contributed by atoms with Crippen LogP contribution in [0.2, 0.25) is 0 Å². The molecule has 13 rings (SSSR count). The summed E-state index contributed by atoms with van der Waals surface area (Å²) in [4.78, 5) is 4.96. The molecule has 0 atom stereocenters. The van der Waals surface area contributed by atoms with Crippen molar-refractivity contribution in [2.45, 2.75) is 71.6 Å². The lowest BCUT2D eigenvalue weighted by atomic mass is 9.70. The SMILES string of the molecule is Cc1ccc(N(c2ccc(C(C)(C)C)cc2)c2cc3c(c4ccccc24)-c2c(cc(N(c4ccc(C)cc4)c4ccc(C(C)(C)C)cc4)c4c2oc2ccccc24)C32c3ccccc3-c3ccccc32)cc1. The summed E-state index contributed by atoms with van der Waals surface area (Å²) in [6.07, 6.45) is 0. The second-order valence-corrected chi connectivity index (χ2v) is 22.3. The van der Waals surface area contributed by atoms with Crippen LogP contribution in [0.25, 0.3) is 55.0 Å². The summed E-state index contributed by atoms with van der Waals surface area (Å²) < 4.78 is 7.45. The van der Waals surface area contributed by atoms with Crippen LogP contribution in [0.15, 0.2) is 211 Å². The van der Waals surface area contributed by atoms with Crippen LogP contribution < -0.4 is 9.80 Å². The summed E-state index contributed by atoms with van der Waals surface area (Å²) in [5.41, 5.74) is 22.6. The molecule has 3 heteroatoms. The first-order chi connectivity index (χ1) is 34.8. The second-order valence-electron chi connectivity index (χ2n) is 22.3. The van der Waals surface area contributed by atoms with Crippen molar-refractivity contribution in [1.82, 2.24) is 0 Å². The van der Waals surface area contributed by atoms with Gasteiger partial charge in [0.05, 0.1) is 22.2 Å². The third-order valence-electron chi connectivity index (χ3n) is 15.7. The van der Waals surface area contributed by atoms with Crippen LogP contribution in [0.4, 0.5) is 34.1 Å². The largest absolute Gasteiger partial charge is 0.455 e. The number of aryl methyl sites for hydroxylation is 2. The molecule has 0 radical (unpaired) electrons. The molecule has 0 unspecified atom stereocenters. The predicted octanol–water partition coefficient (Wildman–Crippen LogP) is 19.2. The molecule has 1 spiro atoms. The van der Waals surface area contributed by atoms with Gasteiger partial charge >= 0.3 is 0 Å². The van der Waals surface area contributed by atoms with E-state index in [1.54, 1.807) is 0 Å². The maximum absolute atomic E-state index is 7.45. The molecule has 1 aromatic heterocycles. The first kappa shape index (κ1) is 43.8. The van der Waals surface area contributed by atoms with Gasteiger partial charge in [0.15, 0.2) is 0 Å². The Kier molecular flexibility index (Phi) is 9.70. The van der Waals surface area contributed by atoms with Crippen LogP contribution in [0.3, 0.4) is 0 Å². The normalized spacial score (nSPS) is 13.4. The number of hydrogen-bond acceptors (Lipinski definition) is 3. The molecule has 1 heterocycles. The van der Waals surface area contributed by atoms with E-state index < -0.39 is 5.41 Å². The summed E-state index contributed by atoms with van der Waals surface area (Å²) in [6, 6.07) is 77.6. The minimum Gasteiger partial charge on any atom is -0.455 e. The van der Waals surface area contributed by atoms with Gasteiger partial charge in [0.1, 0.15) is 11.2 Å². The minimum absolute atomic E-state index is 0.00275. The monoisotopic (exact) mass is 930 g/mol. The Bertz CT molecular complexity index is 3890. The van der Waals surface area contributed by atoms with Gasteiger partial charge in [-0.05, 0) is 147 Å². The van der Waals surface area contributed by atoms with E-state index in [2.05, 4.69) is 271 Å². The molecule has 10 aromatic carbocycles. The molecular formula is C69H58N2O. The van der Waals surface area contributed by atoms with Gasteiger partial charge in [-0.1, -0.05) is 192 Å². The molecule has 3 nitrogen and oxygen atoms in total. The van der Waals surface area contributed by atoms with Crippen molar-refractivity contribution >= 4 is 66.8 Å². The quantitative estimate of drug-likeness (QED) is 0.166. The Hall–Kier alpha value is -8.14. The standard InChI is InChI=1S/C69H58N2O/c1-43-25-33-47(34-26-43)70(49-37-29-45(30-38-49)67(3,4)5)60-41-58-63(54-20-10-9-19-53(54)60)65-59(69(58)56-22-14-11-17-51(56)52-18-12-15-23-57(52)69)42-61(64-55-21-13-16-24-62(55)72-66(64)65)71(48-35-27-44(2)28-36-48)50-39-31-46(32-40-50)68(6,7)8/h9-42H,1-8H3. The van der Waals surface area contributed by atoms with Gasteiger partial charge in [-0.3, -0.25) is 0 Å². The minimum atomic E-state index is -0.720. The number of furan rings is 1. The highest BCUT2D eigenvalue weighted by atomic mass is 16.3. The molecule has 0 fully saturated rings. The molecule has 11 aromatic rings. The zero-order chi connectivity index (χ0) is 49.3. The summed E-state index contributed by atoms with van der Waals surface area (Å²) in [6.45, 7) is 18.0. The lowest BCUT2D eigenvalue weighted by Gasteiger charge is -2.34. The number of para-hydroxylation sites is 1. The molecule has 0 saturated carbocycles. The first-order valence-electron chi connectivity index (χ1n) is 25.5. The van der Waals surface area contributed by atoms with E-state index in [1.165, 1.54) is 72.0 Å². The van der Waals surface area contributed by atoms with E-state index in [0.717, 1.165) is 61.6 Å². The Labute approximate surface area is 423 Å². The highest BCUT2D eigenvalue weighted by Gasteiger charge is 2.54. The molecule has 0 aliphatic heterocycles. The number of anilines is 6. The number of rotatable bonds is 6. The van der Waals surface area contributed by atoms with Crippen molar-refractivity contribution in [3.63, 3.8) is 0 Å². The van der Waals surface area contributed by atoms with Gasteiger partial charge in [-0.15, -0.1) is 0 Å². The van der Waals surface area contributed by atoms with Gasteiger partial charge in [-0.2, -0.15) is 0 Å². The van der Waals surface area contributed by atoms with Gasteiger partial charge in [0.2, 0.25) is 0 Å².